The molecule has 0 atom stereocenters. The summed E-state index contributed by atoms with van der Waals surface area (Å²) in [6.45, 7) is 0. The summed E-state index contributed by atoms with van der Waals surface area (Å²) < 4.78 is 0. The van der Waals surface area contributed by atoms with Crippen molar-refractivity contribution in [2.45, 2.75) is 18.6 Å². The van der Waals surface area contributed by atoms with Gasteiger partial charge in [-0.3, -0.25) is 0 Å². The highest BCUT2D eigenvalue weighted by molar-refractivity contribution is 8.01. The fourth-order valence-corrected chi connectivity index (χ4v) is 1.91. The molecule has 1 aromatic rings. The molecule has 0 unspecified atom stereocenters. The van der Waals surface area contributed by atoms with Gasteiger partial charge in [-0.05, 0) is 18.4 Å². The summed E-state index contributed by atoms with van der Waals surface area (Å²) in [6, 6.07) is 10.7. The Morgan fingerprint density at radius 1 is 1.09 bits per heavy atom. The smallest absolute Gasteiger partial charge is 0.0311 e. The number of hydrogen-bond donors (Lipinski definition) is 0. The molecule has 1 aromatic carbocycles. The second-order valence-corrected chi connectivity index (χ2v) is 3.97. The van der Waals surface area contributed by atoms with Crippen LogP contribution in [0.1, 0.15) is 18.4 Å². The van der Waals surface area contributed by atoms with Crippen LogP contribution in [-0.4, -0.2) is 0 Å². The molecule has 0 N–H and O–H groups in total. The lowest BCUT2D eigenvalue weighted by Gasteiger charge is -1.97. The van der Waals surface area contributed by atoms with Crippen LogP contribution in [0.15, 0.2) is 30.3 Å². The average Bonchev–Trinajstić information content (AvgIpc) is 2.86. The fraction of sp³-hybridized carbons (Fsp3) is 0.300. The van der Waals surface area contributed by atoms with E-state index >= 15 is 0 Å². The van der Waals surface area contributed by atoms with Crippen LogP contribution in [-0.2, 0) is 5.75 Å². The van der Waals surface area contributed by atoms with E-state index in [-0.39, 0.29) is 0 Å². The van der Waals surface area contributed by atoms with Crippen LogP contribution in [0, 0.1) is 5.25 Å². The van der Waals surface area contributed by atoms with Crippen LogP contribution in [0.25, 0.3) is 0 Å². The van der Waals surface area contributed by atoms with Crippen LogP contribution in [0.4, 0.5) is 0 Å². The first kappa shape index (κ1) is 7.23. The summed E-state index contributed by atoms with van der Waals surface area (Å²) >= 11 is 2.01. The third-order valence-corrected chi connectivity index (χ3v) is 3.03. The zero-order valence-corrected chi connectivity index (χ0v) is 7.23. The Morgan fingerprint density at radius 2 is 1.82 bits per heavy atom. The third kappa shape index (κ3) is 2.26. The highest BCUT2D eigenvalue weighted by Crippen LogP contribution is 2.44. The average molecular weight is 163 g/mol. The van der Waals surface area contributed by atoms with Gasteiger partial charge >= 0.3 is 0 Å². The first-order chi connectivity index (χ1) is 5.45. The Kier molecular flexibility index (Phi) is 2.18. The van der Waals surface area contributed by atoms with Gasteiger partial charge in [-0.25, -0.2) is 0 Å². The number of hydrogen-bond acceptors (Lipinski definition) is 1. The molecule has 0 nitrogen and oxygen atoms in total. The minimum absolute atomic E-state index is 1.16. The normalized spacial score (nSPS) is 16.7. The molecule has 0 heterocycles. The molecule has 1 heteroatoms. The summed E-state index contributed by atoms with van der Waals surface area (Å²) in [7, 11) is 0. The van der Waals surface area contributed by atoms with Crippen molar-refractivity contribution in [1.29, 1.82) is 0 Å². The molecule has 1 aliphatic carbocycles. The van der Waals surface area contributed by atoms with E-state index in [9.17, 15) is 0 Å². The van der Waals surface area contributed by atoms with Gasteiger partial charge < -0.3 is 0 Å². The number of rotatable bonds is 3. The van der Waals surface area contributed by atoms with Crippen LogP contribution in [0.5, 0.6) is 0 Å². The van der Waals surface area contributed by atoms with E-state index in [4.69, 9.17) is 0 Å². The predicted octanol–water partition coefficient (Wildman–Crippen LogP) is 3.25. The van der Waals surface area contributed by atoms with E-state index in [1.807, 2.05) is 11.8 Å². The second kappa shape index (κ2) is 3.31. The van der Waals surface area contributed by atoms with E-state index in [0.717, 1.165) is 5.75 Å². The lowest BCUT2D eigenvalue weighted by Crippen LogP contribution is -1.76. The summed E-state index contributed by atoms with van der Waals surface area (Å²) in [5.74, 6) is 1.16. The largest absolute Gasteiger partial charge is 0.149 e. The fourth-order valence-electron chi connectivity index (χ4n) is 0.955. The molecule has 0 amide bonds. The molecule has 2 rings (SSSR count). The van der Waals surface area contributed by atoms with Crippen molar-refractivity contribution in [2.75, 3.05) is 0 Å². The SMILES string of the molecule is c1ccc(CS[C]2CC2)cc1. The molecule has 0 bridgehead atoms. The summed E-state index contributed by atoms with van der Waals surface area (Å²) in [5, 5.41) is 1.67. The van der Waals surface area contributed by atoms with Crippen molar-refractivity contribution in [3.05, 3.63) is 41.1 Å². The van der Waals surface area contributed by atoms with Crippen molar-refractivity contribution in [1.82, 2.24) is 0 Å². The van der Waals surface area contributed by atoms with Gasteiger partial charge in [0.2, 0.25) is 0 Å². The van der Waals surface area contributed by atoms with Gasteiger partial charge in [0.25, 0.3) is 0 Å². The topological polar surface area (TPSA) is 0 Å². The Balaban J connectivity index is 1.85. The molecule has 1 saturated carbocycles. The van der Waals surface area contributed by atoms with E-state index in [1.54, 1.807) is 5.25 Å². The molecule has 0 aromatic heterocycles. The quantitative estimate of drug-likeness (QED) is 0.659. The maximum atomic E-state index is 2.19. The second-order valence-electron chi connectivity index (χ2n) is 2.81. The molecule has 1 aliphatic rings. The zero-order chi connectivity index (χ0) is 7.52. The maximum Gasteiger partial charge on any atom is 0.0311 e. The maximum absolute atomic E-state index is 2.19. The Morgan fingerprint density at radius 3 is 2.45 bits per heavy atom. The lowest BCUT2D eigenvalue weighted by molar-refractivity contribution is 1.42. The van der Waals surface area contributed by atoms with E-state index in [1.165, 1.54) is 18.4 Å². The molecule has 11 heavy (non-hydrogen) atoms. The zero-order valence-electron chi connectivity index (χ0n) is 6.42. The van der Waals surface area contributed by atoms with Gasteiger partial charge in [0.15, 0.2) is 0 Å². The van der Waals surface area contributed by atoms with Crippen LogP contribution in [0.3, 0.4) is 0 Å². The van der Waals surface area contributed by atoms with Gasteiger partial charge in [-0.1, -0.05) is 30.3 Å². The Hall–Kier alpha value is -0.430. The van der Waals surface area contributed by atoms with Crippen molar-refractivity contribution in [3.63, 3.8) is 0 Å². The van der Waals surface area contributed by atoms with Gasteiger partial charge in [-0.15, -0.1) is 11.8 Å². The molecule has 0 spiro atoms. The summed E-state index contributed by atoms with van der Waals surface area (Å²) in [4.78, 5) is 0. The van der Waals surface area contributed by atoms with Crippen molar-refractivity contribution in [3.8, 4) is 0 Å². The number of thioether (sulfide) groups is 1. The van der Waals surface area contributed by atoms with Crippen LogP contribution >= 0.6 is 11.8 Å². The standard InChI is InChI=1S/C10H11S/c1-2-4-9(5-3-1)8-11-10-6-7-10/h1-5H,6-8H2. The van der Waals surface area contributed by atoms with Crippen LogP contribution < -0.4 is 0 Å². The lowest BCUT2D eigenvalue weighted by atomic mass is 10.2. The highest BCUT2D eigenvalue weighted by Gasteiger charge is 2.22. The Labute approximate surface area is 72.0 Å². The highest BCUT2D eigenvalue weighted by atomic mass is 32.2. The Bertz CT molecular complexity index is 214. The predicted molar refractivity (Wildman–Crippen MR) is 50.2 cm³/mol. The molecule has 57 valence electrons. The van der Waals surface area contributed by atoms with Gasteiger partial charge in [-0.2, -0.15) is 0 Å². The van der Waals surface area contributed by atoms with Gasteiger partial charge in [0, 0.05) is 11.0 Å². The third-order valence-electron chi connectivity index (χ3n) is 1.74. The van der Waals surface area contributed by atoms with Gasteiger partial charge in [0.1, 0.15) is 0 Å². The van der Waals surface area contributed by atoms with E-state index in [2.05, 4.69) is 30.3 Å². The summed E-state index contributed by atoms with van der Waals surface area (Å²) in [5.41, 5.74) is 1.44. The molecule has 0 aliphatic heterocycles. The van der Waals surface area contributed by atoms with Crippen molar-refractivity contribution in [2.24, 2.45) is 0 Å². The first-order valence-electron chi connectivity index (χ1n) is 3.96. The molecule has 0 saturated heterocycles. The minimum Gasteiger partial charge on any atom is -0.149 e. The molecular formula is C10H11S. The first-order valence-corrected chi connectivity index (χ1v) is 4.95. The summed E-state index contributed by atoms with van der Waals surface area (Å²) in [6.07, 6.45) is 2.72. The minimum atomic E-state index is 1.16. The number of benzene rings is 1. The molecule has 1 fully saturated rings. The van der Waals surface area contributed by atoms with E-state index < -0.39 is 0 Å². The monoisotopic (exact) mass is 163 g/mol. The van der Waals surface area contributed by atoms with Crippen molar-refractivity contribution < 1.29 is 0 Å². The van der Waals surface area contributed by atoms with E-state index in [0.29, 0.717) is 0 Å². The van der Waals surface area contributed by atoms with Crippen LogP contribution in [0.2, 0.25) is 0 Å². The molecule has 1 radical (unpaired) electrons. The van der Waals surface area contributed by atoms with Gasteiger partial charge in [0.05, 0.1) is 0 Å². The molecular weight excluding hydrogens is 152 g/mol. The van der Waals surface area contributed by atoms with Crippen molar-refractivity contribution >= 4 is 11.8 Å².